The summed E-state index contributed by atoms with van der Waals surface area (Å²) < 4.78 is 20.8. The van der Waals surface area contributed by atoms with Crippen LogP contribution in [-0.2, 0) is 30.7 Å². The Morgan fingerprint density at radius 1 is 1.18 bits per heavy atom. The highest BCUT2D eigenvalue weighted by Gasteiger charge is 2.15. The van der Waals surface area contributed by atoms with Crippen molar-refractivity contribution < 1.29 is 13.6 Å². The molecule has 0 fully saturated rings. The average Bonchev–Trinajstić information content (AvgIpc) is 3.26. The van der Waals surface area contributed by atoms with Gasteiger partial charge in [0.05, 0.1) is 12.7 Å². The first-order valence-corrected chi connectivity index (χ1v) is 9.57. The minimum Gasteiger partial charge on any atom is -0.441 e. The second-order valence-electron chi connectivity index (χ2n) is 6.90. The summed E-state index contributed by atoms with van der Waals surface area (Å²) in [6.07, 6.45) is 6.65. The molecule has 1 aliphatic heterocycles. The van der Waals surface area contributed by atoms with Crippen LogP contribution in [0.25, 0.3) is 11.3 Å². The molecule has 3 aromatic rings. The Hall–Kier alpha value is -3.03. The number of nitrogens with one attached hydrogen (secondary N) is 1. The Balaban J connectivity index is 1.28. The van der Waals surface area contributed by atoms with E-state index in [1.807, 2.05) is 0 Å². The number of nitrogens with zero attached hydrogens (tertiary/aromatic N) is 4. The number of aromatic nitrogens is 4. The lowest BCUT2D eigenvalue weighted by atomic mass is 10.2. The molecule has 0 aliphatic carbocycles. The Morgan fingerprint density at radius 3 is 2.89 bits per heavy atom. The minimum absolute atomic E-state index is 0.0903. The molecule has 0 radical (unpaired) electrons. The largest absolute Gasteiger partial charge is 0.441 e. The van der Waals surface area contributed by atoms with Crippen LogP contribution >= 0.6 is 0 Å². The van der Waals surface area contributed by atoms with Crippen molar-refractivity contribution in [1.82, 2.24) is 25.1 Å². The summed E-state index contributed by atoms with van der Waals surface area (Å²) in [6.45, 7) is 1.29. The molecule has 8 heteroatoms. The van der Waals surface area contributed by atoms with E-state index < -0.39 is 0 Å². The van der Waals surface area contributed by atoms with Gasteiger partial charge in [0.2, 0.25) is 5.91 Å². The molecular weight excluding hydrogens is 361 g/mol. The Bertz CT molecular complexity index is 948. The third kappa shape index (κ3) is 4.27. The van der Waals surface area contributed by atoms with Gasteiger partial charge in [-0.3, -0.25) is 4.79 Å². The van der Waals surface area contributed by atoms with E-state index in [0.717, 1.165) is 43.0 Å². The highest BCUT2D eigenvalue weighted by Crippen LogP contribution is 2.21. The van der Waals surface area contributed by atoms with E-state index in [9.17, 15) is 9.18 Å². The van der Waals surface area contributed by atoms with E-state index in [2.05, 4.69) is 25.1 Å². The molecule has 7 nitrogen and oxygen atoms in total. The van der Waals surface area contributed by atoms with Crippen molar-refractivity contribution in [3.8, 4) is 11.3 Å². The van der Waals surface area contributed by atoms with Crippen LogP contribution in [0.15, 0.2) is 34.9 Å². The zero-order chi connectivity index (χ0) is 19.3. The molecule has 0 saturated carbocycles. The number of hydrogen-bond donors (Lipinski definition) is 1. The number of hydrogen-bond acceptors (Lipinski definition) is 5. The third-order valence-corrected chi connectivity index (χ3v) is 4.88. The fraction of sp³-hybridized carbons (Fsp3) is 0.400. The van der Waals surface area contributed by atoms with E-state index in [1.165, 1.54) is 18.6 Å². The number of halogens is 1. The molecule has 0 saturated heterocycles. The van der Waals surface area contributed by atoms with Crippen LogP contribution in [0.4, 0.5) is 4.39 Å². The van der Waals surface area contributed by atoms with Gasteiger partial charge < -0.3 is 14.3 Å². The lowest BCUT2D eigenvalue weighted by Crippen LogP contribution is -2.25. The zero-order valence-electron chi connectivity index (χ0n) is 15.5. The van der Waals surface area contributed by atoms with Crippen molar-refractivity contribution in [2.45, 2.75) is 51.6 Å². The van der Waals surface area contributed by atoms with Gasteiger partial charge in [-0.1, -0.05) is 6.42 Å². The van der Waals surface area contributed by atoms with E-state index >= 15 is 0 Å². The van der Waals surface area contributed by atoms with E-state index in [4.69, 9.17) is 4.42 Å². The Labute approximate surface area is 162 Å². The molecule has 4 rings (SSSR count). The second-order valence-corrected chi connectivity index (χ2v) is 6.90. The number of oxazole rings is 1. The quantitative estimate of drug-likeness (QED) is 0.707. The molecule has 0 atom stereocenters. The summed E-state index contributed by atoms with van der Waals surface area (Å²) in [6, 6.07) is 6.01. The molecule has 2 aromatic heterocycles. The zero-order valence-corrected chi connectivity index (χ0v) is 15.5. The molecule has 1 aliphatic rings. The maximum absolute atomic E-state index is 13.0. The highest BCUT2D eigenvalue weighted by molar-refractivity contribution is 5.75. The summed E-state index contributed by atoms with van der Waals surface area (Å²) in [5.74, 6) is 2.46. The van der Waals surface area contributed by atoms with E-state index in [0.29, 0.717) is 24.6 Å². The summed E-state index contributed by atoms with van der Waals surface area (Å²) in [5, 5.41) is 11.3. The molecule has 0 spiro atoms. The molecule has 1 aromatic carbocycles. The minimum atomic E-state index is -0.301. The van der Waals surface area contributed by atoms with Crippen molar-refractivity contribution in [3.05, 3.63) is 53.8 Å². The summed E-state index contributed by atoms with van der Waals surface area (Å²) in [4.78, 5) is 16.4. The third-order valence-electron chi connectivity index (χ3n) is 4.88. The molecule has 0 bridgehead atoms. The van der Waals surface area contributed by atoms with Gasteiger partial charge in [-0.15, -0.1) is 10.2 Å². The Morgan fingerprint density at radius 2 is 2.04 bits per heavy atom. The first-order valence-electron chi connectivity index (χ1n) is 9.57. The van der Waals surface area contributed by atoms with Gasteiger partial charge in [0.25, 0.3) is 0 Å². The SMILES string of the molecule is O=C(CCc1ncc(-c2ccc(F)cc2)o1)NCc1nnc2n1CCCCC2. The van der Waals surface area contributed by atoms with Gasteiger partial charge in [0.15, 0.2) is 17.5 Å². The summed E-state index contributed by atoms with van der Waals surface area (Å²) in [5.41, 5.74) is 0.747. The van der Waals surface area contributed by atoms with Crippen LogP contribution < -0.4 is 5.32 Å². The second kappa shape index (κ2) is 8.33. The first kappa shape index (κ1) is 18.3. The Kier molecular flexibility index (Phi) is 5.45. The van der Waals surface area contributed by atoms with Gasteiger partial charge >= 0.3 is 0 Å². The predicted octanol–water partition coefficient (Wildman–Crippen LogP) is 3.05. The number of amides is 1. The van der Waals surface area contributed by atoms with Crippen molar-refractivity contribution in [2.75, 3.05) is 0 Å². The van der Waals surface area contributed by atoms with Crippen LogP contribution in [-0.4, -0.2) is 25.7 Å². The normalized spacial score (nSPS) is 13.8. The van der Waals surface area contributed by atoms with E-state index in [-0.39, 0.29) is 18.1 Å². The molecule has 28 heavy (non-hydrogen) atoms. The molecule has 1 N–H and O–H groups in total. The van der Waals surface area contributed by atoms with Gasteiger partial charge in [-0.2, -0.15) is 0 Å². The summed E-state index contributed by atoms with van der Waals surface area (Å²) >= 11 is 0. The van der Waals surface area contributed by atoms with Gasteiger partial charge in [0.1, 0.15) is 11.6 Å². The van der Waals surface area contributed by atoms with Crippen LogP contribution in [0.3, 0.4) is 0 Å². The monoisotopic (exact) mass is 383 g/mol. The number of benzene rings is 1. The van der Waals surface area contributed by atoms with E-state index in [1.54, 1.807) is 18.3 Å². The van der Waals surface area contributed by atoms with Crippen molar-refractivity contribution in [1.29, 1.82) is 0 Å². The number of aryl methyl sites for hydroxylation is 2. The van der Waals surface area contributed by atoms with Crippen LogP contribution in [0.1, 0.15) is 43.2 Å². The van der Waals surface area contributed by atoms with Crippen molar-refractivity contribution in [2.24, 2.45) is 0 Å². The number of fused-ring (bicyclic) bond motifs is 1. The maximum Gasteiger partial charge on any atom is 0.220 e. The lowest BCUT2D eigenvalue weighted by molar-refractivity contribution is -0.121. The molecule has 3 heterocycles. The lowest BCUT2D eigenvalue weighted by Gasteiger charge is -2.08. The van der Waals surface area contributed by atoms with Gasteiger partial charge in [0, 0.05) is 31.4 Å². The van der Waals surface area contributed by atoms with Crippen molar-refractivity contribution >= 4 is 5.91 Å². The number of carbonyl (C=O) groups excluding carboxylic acids is 1. The molecular formula is C20H22FN5O2. The van der Waals surface area contributed by atoms with Crippen molar-refractivity contribution in [3.63, 3.8) is 0 Å². The fourth-order valence-corrected chi connectivity index (χ4v) is 3.34. The molecule has 1 amide bonds. The first-order chi connectivity index (χ1) is 13.7. The van der Waals surface area contributed by atoms with Crippen LogP contribution in [0.2, 0.25) is 0 Å². The maximum atomic E-state index is 13.0. The molecule has 146 valence electrons. The highest BCUT2D eigenvalue weighted by atomic mass is 19.1. The average molecular weight is 383 g/mol. The van der Waals surface area contributed by atoms with Gasteiger partial charge in [-0.05, 0) is 37.1 Å². The van der Waals surface area contributed by atoms with Crippen LogP contribution in [0.5, 0.6) is 0 Å². The van der Waals surface area contributed by atoms with Gasteiger partial charge in [-0.25, -0.2) is 9.37 Å². The molecule has 0 unspecified atom stereocenters. The predicted molar refractivity (Wildman–Crippen MR) is 99.6 cm³/mol. The topological polar surface area (TPSA) is 85.8 Å². The smallest absolute Gasteiger partial charge is 0.220 e. The van der Waals surface area contributed by atoms with Crippen LogP contribution in [0, 0.1) is 5.82 Å². The number of carbonyl (C=O) groups is 1. The summed E-state index contributed by atoms with van der Waals surface area (Å²) in [7, 11) is 0. The fourth-order valence-electron chi connectivity index (χ4n) is 3.34. The standard InChI is InChI=1S/C20H22FN5O2/c21-15-7-5-14(6-8-15)16-12-23-20(28-16)10-9-19(27)22-13-18-25-24-17-4-2-1-3-11-26(17)18/h5-8,12H,1-4,9-11,13H2,(H,22,27). The number of rotatable bonds is 6.